The Hall–Kier alpha value is -5.46. The van der Waals surface area contributed by atoms with Crippen LogP contribution in [0.15, 0.2) is 83.3 Å². The fourth-order valence-corrected chi connectivity index (χ4v) is 7.20. The molecule has 2 amide bonds. The Morgan fingerprint density at radius 2 is 1.64 bits per heavy atom. The number of primary amides is 1. The molecule has 0 radical (unpaired) electrons. The van der Waals surface area contributed by atoms with Crippen LogP contribution in [0.25, 0.3) is 11.1 Å². The zero-order valence-corrected chi connectivity index (χ0v) is 25.8. The van der Waals surface area contributed by atoms with Crippen LogP contribution in [0.5, 0.6) is 11.5 Å². The number of carbonyl (C=O) groups excluding carboxylic acids is 4. The summed E-state index contributed by atoms with van der Waals surface area (Å²) in [6.07, 6.45) is 0.130. The molecule has 3 aliphatic carbocycles. The Bertz CT molecular complexity index is 1910. The molecule has 0 aliphatic heterocycles. The normalized spacial score (nSPS) is 23.6. The predicted molar refractivity (Wildman–Crippen MR) is 170 cm³/mol. The molecule has 12 heteroatoms. The zero-order chi connectivity index (χ0) is 33.9. The molecule has 242 valence electrons. The van der Waals surface area contributed by atoms with Crippen LogP contribution >= 0.6 is 0 Å². The number of likely N-dealkylation sites (N-methyl/N-ethyl adjacent to an activating group) is 1. The van der Waals surface area contributed by atoms with Crippen LogP contribution in [-0.4, -0.2) is 81.6 Å². The summed E-state index contributed by atoms with van der Waals surface area (Å²) >= 11 is 0. The summed E-state index contributed by atoms with van der Waals surface area (Å²) in [4.78, 5) is 53.9. The number of allylic oxidation sites excluding steroid dienone is 1. The van der Waals surface area contributed by atoms with Crippen molar-refractivity contribution in [2.24, 2.45) is 17.6 Å². The molecule has 6 rings (SSSR count). The maximum Gasteiger partial charge on any atom is 0.255 e. The van der Waals surface area contributed by atoms with Crippen molar-refractivity contribution < 1.29 is 44.3 Å². The van der Waals surface area contributed by atoms with Crippen LogP contribution < -0.4 is 15.8 Å². The smallest absolute Gasteiger partial charge is 0.255 e. The molecule has 0 aromatic heterocycles. The molecular formula is C35H33N3O9. The highest BCUT2D eigenvalue weighted by molar-refractivity contribution is 6.25. The molecule has 1 unspecified atom stereocenters. The number of ether oxygens (including phenoxy) is 1. The van der Waals surface area contributed by atoms with Gasteiger partial charge in [-0.1, -0.05) is 18.2 Å². The number of amides is 2. The van der Waals surface area contributed by atoms with Crippen LogP contribution in [0.4, 0.5) is 5.69 Å². The summed E-state index contributed by atoms with van der Waals surface area (Å²) in [6.45, 7) is 0. The number of fused-ring (bicyclic) bond motifs is 3. The van der Waals surface area contributed by atoms with Crippen LogP contribution in [0.2, 0.25) is 0 Å². The number of aliphatic hydroxyl groups is 3. The minimum absolute atomic E-state index is 0.0167. The summed E-state index contributed by atoms with van der Waals surface area (Å²) in [5, 5.41) is 47.9. The van der Waals surface area contributed by atoms with Gasteiger partial charge in [-0.25, -0.2) is 0 Å². The van der Waals surface area contributed by atoms with E-state index in [1.807, 2.05) is 0 Å². The van der Waals surface area contributed by atoms with Gasteiger partial charge in [0.05, 0.1) is 18.7 Å². The van der Waals surface area contributed by atoms with E-state index in [0.717, 1.165) is 0 Å². The summed E-state index contributed by atoms with van der Waals surface area (Å²) in [5.41, 5.74) is 4.30. The van der Waals surface area contributed by atoms with Gasteiger partial charge < -0.3 is 36.2 Å². The lowest BCUT2D eigenvalue weighted by Crippen LogP contribution is -2.63. The van der Waals surface area contributed by atoms with Gasteiger partial charge in [-0.15, -0.1) is 0 Å². The molecule has 3 aromatic carbocycles. The van der Waals surface area contributed by atoms with E-state index in [1.54, 1.807) is 68.7 Å². The predicted octanol–water partition coefficient (Wildman–Crippen LogP) is 3.05. The third-order valence-electron chi connectivity index (χ3n) is 9.41. The number of nitrogens with zero attached hydrogens (tertiary/aromatic N) is 1. The lowest BCUT2D eigenvalue weighted by molar-refractivity contribution is -0.148. The quantitative estimate of drug-likeness (QED) is 0.218. The maximum absolute atomic E-state index is 14.0. The first-order valence-corrected chi connectivity index (χ1v) is 14.8. The SMILES string of the molecule is COc1ccc(C(=O)Nc2ccc(-c3ccc(O)c4c3C[C@@H]3C[C@@H]5C(N(C)C)C(O)=C(C(N)=O)C(=O)[C@]5(O)C(O)=C3C4=O)cc2)cc1. The monoisotopic (exact) mass is 639 g/mol. The second-order valence-electron chi connectivity index (χ2n) is 12.2. The second-order valence-corrected chi connectivity index (χ2v) is 12.2. The third kappa shape index (κ3) is 4.84. The van der Waals surface area contributed by atoms with Gasteiger partial charge in [-0.05, 0) is 92.0 Å². The van der Waals surface area contributed by atoms with Gasteiger partial charge in [0.1, 0.15) is 28.6 Å². The summed E-state index contributed by atoms with van der Waals surface area (Å²) in [5.74, 6) is -6.74. The van der Waals surface area contributed by atoms with Gasteiger partial charge in [0.15, 0.2) is 11.4 Å². The van der Waals surface area contributed by atoms with Crippen molar-refractivity contribution >= 4 is 29.1 Å². The Labute approximate surface area is 269 Å². The average molecular weight is 640 g/mol. The highest BCUT2D eigenvalue weighted by Gasteiger charge is 2.63. The number of aliphatic hydroxyl groups excluding tert-OH is 2. The molecule has 7 N–H and O–H groups in total. The zero-order valence-electron chi connectivity index (χ0n) is 25.8. The van der Waals surface area contributed by atoms with Crippen molar-refractivity contribution in [1.29, 1.82) is 0 Å². The fourth-order valence-electron chi connectivity index (χ4n) is 7.20. The highest BCUT2D eigenvalue weighted by atomic mass is 16.5. The number of hydrogen-bond donors (Lipinski definition) is 6. The van der Waals surface area contributed by atoms with Gasteiger partial charge in [-0.2, -0.15) is 0 Å². The van der Waals surface area contributed by atoms with Crippen molar-refractivity contribution in [3.8, 4) is 22.6 Å². The second kappa shape index (κ2) is 11.4. The van der Waals surface area contributed by atoms with Crippen LogP contribution in [0.1, 0.15) is 32.7 Å². The number of nitrogens with two attached hydrogens (primary N) is 1. The van der Waals surface area contributed by atoms with E-state index in [2.05, 4.69) is 5.32 Å². The van der Waals surface area contributed by atoms with Crippen molar-refractivity contribution in [2.75, 3.05) is 26.5 Å². The molecule has 12 nitrogen and oxygen atoms in total. The standard InChI is InChI=1S/C35H33N3O9/c1-38(2)28-23-15-18-14-22-21(16-4-8-19(9-5-16)37-34(45)17-6-10-20(47-3)11-7-17)12-13-24(39)26(22)29(40)25(18)31(42)35(23,46)32(43)27(30(28)41)33(36)44/h4-13,18,23,28,39,41-42,46H,14-15H2,1-3H3,(H2,36,44)(H,37,45)/t18-,23-,28?,35-/m1/s1. The number of hydrogen-bond acceptors (Lipinski definition) is 10. The molecule has 4 atom stereocenters. The first-order valence-electron chi connectivity index (χ1n) is 14.8. The minimum atomic E-state index is -2.70. The Balaban J connectivity index is 1.37. The van der Waals surface area contributed by atoms with Gasteiger partial charge in [0, 0.05) is 22.7 Å². The van der Waals surface area contributed by atoms with Crippen molar-refractivity contribution in [3.63, 3.8) is 0 Å². The van der Waals surface area contributed by atoms with E-state index < -0.39 is 58.0 Å². The first kappa shape index (κ1) is 31.5. The number of ketones is 2. The largest absolute Gasteiger partial charge is 0.510 e. The number of nitrogens with one attached hydrogen (secondary N) is 1. The number of benzene rings is 3. The van der Waals surface area contributed by atoms with Crippen molar-refractivity contribution in [2.45, 2.75) is 24.5 Å². The van der Waals surface area contributed by atoms with E-state index in [4.69, 9.17) is 10.5 Å². The number of phenols is 1. The minimum Gasteiger partial charge on any atom is -0.510 e. The van der Waals surface area contributed by atoms with Crippen molar-refractivity contribution in [3.05, 3.63) is 100 Å². The van der Waals surface area contributed by atoms with E-state index in [9.17, 15) is 39.6 Å². The fraction of sp³-hybridized carbons (Fsp3) is 0.257. The number of Topliss-reactive ketones (excluding diaryl/α,β-unsaturated/α-hetero) is 2. The van der Waals surface area contributed by atoms with E-state index in [-0.39, 0.29) is 35.6 Å². The average Bonchev–Trinajstić information content (AvgIpc) is 3.03. The van der Waals surface area contributed by atoms with Crippen molar-refractivity contribution in [1.82, 2.24) is 4.90 Å². The lowest BCUT2D eigenvalue weighted by atomic mass is 9.58. The summed E-state index contributed by atoms with van der Waals surface area (Å²) < 4.78 is 5.14. The van der Waals surface area contributed by atoms with E-state index in [0.29, 0.717) is 33.7 Å². The number of methoxy groups -OCH3 is 1. The van der Waals surface area contributed by atoms with Crippen LogP contribution in [0, 0.1) is 11.8 Å². The van der Waals surface area contributed by atoms with Gasteiger partial charge >= 0.3 is 0 Å². The number of anilines is 1. The molecule has 3 aromatic rings. The molecule has 0 heterocycles. The van der Waals surface area contributed by atoms with Gasteiger partial charge in [0.2, 0.25) is 5.78 Å². The Morgan fingerprint density at radius 3 is 2.23 bits per heavy atom. The summed E-state index contributed by atoms with van der Waals surface area (Å²) in [6, 6.07) is 15.5. The highest BCUT2D eigenvalue weighted by Crippen LogP contribution is 2.53. The Morgan fingerprint density at radius 1 is 0.979 bits per heavy atom. The molecule has 0 saturated carbocycles. The number of carbonyl (C=O) groups is 4. The molecule has 0 spiro atoms. The molecule has 0 bridgehead atoms. The number of rotatable bonds is 6. The van der Waals surface area contributed by atoms with E-state index in [1.165, 1.54) is 18.1 Å². The molecule has 47 heavy (non-hydrogen) atoms. The maximum atomic E-state index is 14.0. The molecule has 0 saturated heterocycles. The third-order valence-corrected chi connectivity index (χ3v) is 9.41. The van der Waals surface area contributed by atoms with Gasteiger partial charge in [0.25, 0.3) is 11.8 Å². The number of aromatic hydroxyl groups is 1. The molecule has 3 aliphatic rings. The van der Waals surface area contributed by atoms with Gasteiger partial charge in [-0.3, -0.25) is 24.1 Å². The lowest BCUT2D eigenvalue weighted by Gasteiger charge is -2.50. The Kier molecular flexibility index (Phi) is 7.65. The topological polar surface area (TPSA) is 200 Å². The number of phenolic OH excluding ortho intramolecular Hbond substituents is 1. The van der Waals surface area contributed by atoms with Crippen LogP contribution in [-0.2, 0) is 16.0 Å². The van der Waals surface area contributed by atoms with Crippen LogP contribution in [0.3, 0.4) is 0 Å². The summed E-state index contributed by atoms with van der Waals surface area (Å²) in [7, 11) is 4.69. The molecule has 0 fully saturated rings. The molecular weight excluding hydrogens is 606 g/mol. The van der Waals surface area contributed by atoms with E-state index >= 15 is 0 Å². The first-order chi connectivity index (χ1) is 22.3.